The zero-order valence-electron chi connectivity index (χ0n) is 13.0. The fourth-order valence-corrected chi connectivity index (χ4v) is 3.07. The minimum absolute atomic E-state index is 0.410. The summed E-state index contributed by atoms with van der Waals surface area (Å²) >= 11 is 0. The van der Waals surface area contributed by atoms with Gasteiger partial charge in [0, 0.05) is 18.0 Å². The van der Waals surface area contributed by atoms with E-state index in [1.165, 1.54) is 22.3 Å². The van der Waals surface area contributed by atoms with Gasteiger partial charge in [-0.25, -0.2) is 0 Å². The van der Waals surface area contributed by atoms with Crippen LogP contribution >= 0.6 is 0 Å². The van der Waals surface area contributed by atoms with Crippen molar-refractivity contribution < 1.29 is 4.92 Å². The molecule has 6 nitrogen and oxygen atoms in total. The molecule has 2 aromatic rings. The highest BCUT2D eigenvalue weighted by atomic mass is 16.6. The molecule has 2 heterocycles. The molecule has 0 N–H and O–H groups in total. The first-order chi connectivity index (χ1) is 11.1. The lowest BCUT2D eigenvalue weighted by Crippen LogP contribution is -2.29. The number of nitrogens with zero attached hydrogens (tertiary/aromatic N) is 3. The molecule has 0 saturated carbocycles. The Labute approximate surface area is 134 Å². The normalized spacial score (nSPS) is 16.4. The van der Waals surface area contributed by atoms with Crippen LogP contribution in [-0.4, -0.2) is 34.5 Å². The number of hydrogen-bond acceptors (Lipinski definition) is 4. The molecule has 0 unspecified atom stereocenters. The second kappa shape index (κ2) is 6.34. The Kier molecular flexibility index (Phi) is 4.25. The van der Waals surface area contributed by atoms with Crippen molar-refractivity contribution in [1.82, 2.24) is 9.47 Å². The van der Waals surface area contributed by atoms with Gasteiger partial charge in [0.05, 0.1) is 4.92 Å². The van der Waals surface area contributed by atoms with E-state index in [1.54, 1.807) is 6.20 Å². The molecule has 0 bridgehead atoms. The molecule has 120 valence electrons. The van der Waals surface area contributed by atoms with Gasteiger partial charge >= 0.3 is 11.2 Å². The molecule has 0 aliphatic carbocycles. The average molecular weight is 313 g/mol. The van der Waals surface area contributed by atoms with Crippen LogP contribution in [0.4, 0.5) is 5.69 Å². The van der Waals surface area contributed by atoms with E-state index in [1.807, 2.05) is 24.3 Å². The number of nitro groups is 1. The predicted molar refractivity (Wildman–Crippen MR) is 88.2 cm³/mol. The molecular weight excluding hydrogens is 294 g/mol. The van der Waals surface area contributed by atoms with Gasteiger partial charge in [0.2, 0.25) is 0 Å². The fourth-order valence-electron chi connectivity index (χ4n) is 3.07. The molecule has 0 spiro atoms. The minimum atomic E-state index is -0.647. The van der Waals surface area contributed by atoms with Crippen LogP contribution in [0, 0.1) is 10.1 Å². The second-order valence-electron chi connectivity index (χ2n) is 5.99. The molecule has 3 rings (SSSR count). The van der Waals surface area contributed by atoms with Crippen molar-refractivity contribution in [1.29, 1.82) is 0 Å². The summed E-state index contributed by atoms with van der Waals surface area (Å²) in [6.07, 6.45) is 3.82. The lowest BCUT2D eigenvalue weighted by Gasteiger charge is -2.29. The first kappa shape index (κ1) is 15.4. The Morgan fingerprint density at radius 2 is 1.78 bits per heavy atom. The number of likely N-dealkylation sites (tertiary alicyclic amines) is 1. The van der Waals surface area contributed by atoms with Crippen LogP contribution in [0.3, 0.4) is 0 Å². The molecular formula is C17H19N3O3. The summed E-state index contributed by atoms with van der Waals surface area (Å²) < 4.78 is 1.32. The van der Waals surface area contributed by atoms with Crippen LogP contribution in [0.1, 0.15) is 24.3 Å². The van der Waals surface area contributed by atoms with Crippen molar-refractivity contribution in [3.8, 4) is 5.69 Å². The third kappa shape index (κ3) is 3.17. The average Bonchev–Trinajstić information content (AvgIpc) is 2.56. The van der Waals surface area contributed by atoms with E-state index in [2.05, 4.69) is 11.9 Å². The molecule has 1 saturated heterocycles. The van der Waals surface area contributed by atoms with E-state index < -0.39 is 16.2 Å². The lowest BCUT2D eigenvalue weighted by atomic mass is 9.89. The molecule has 6 heteroatoms. The predicted octanol–water partition coefficient (Wildman–Crippen LogP) is 2.55. The van der Waals surface area contributed by atoms with Crippen LogP contribution in [0.15, 0.2) is 47.4 Å². The fraction of sp³-hybridized carbons (Fsp3) is 0.353. The molecule has 1 fully saturated rings. The Morgan fingerprint density at radius 3 is 2.39 bits per heavy atom. The summed E-state index contributed by atoms with van der Waals surface area (Å²) in [6.45, 7) is 2.19. The van der Waals surface area contributed by atoms with Crippen LogP contribution in [-0.2, 0) is 0 Å². The van der Waals surface area contributed by atoms with Gasteiger partial charge in [-0.1, -0.05) is 12.1 Å². The third-order valence-electron chi connectivity index (χ3n) is 4.49. The van der Waals surface area contributed by atoms with Crippen molar-refractivity contribution in [3.05, 3.63) is 68.6 Å². The highest BCUT2D eigenvalue weighted by Gasteiger charge is 2.19. The number of hydrogen-bond donors (Lipinski definition) is 0. The largest absolute Gasteiger partial charge is 0.334 e. The van der Waals surface area contributed by atoms with Crippen LogP contribution < -0.4 is 5.56 Å². The second-order valence-corrected chi connectivity index (χ2v) is 5.99. The summed E-state index contributed by atoms with van der Waals surface area (Å²) in [5, 5.41) is 10.9. The van der Waals surface area contributed by atoms with Crippen LogP contribution in [0.5, 0.6) is 0 Å². The van der Waals surface area contributed by atoms with Crippen molar-refractivity contribution in [2.45, 2.75) is 18.8 Å². The minimum Gasteiger partial charge on any atom is -0.306 e. The van der Waals surface area contributed by atoms with E-state index in [0.29, 0.717) is 11.6 Å². The maximum Gasteiger partial charge on any atom is 0.334 e. The van der Waals surface area contributed by atoms with Crippen LogP contribution in [0.2, 0.25) is 0 Å². The zero-order valence-corrected chi connectivity index (χ0v) is 13.0. The van der Waals surface area contributed by atoms with Gasteiger partial charge < -0.3 is 4.90 Å². The lowest BCUT2D eigenvalue weighted by molar-refractivity contribution is -0.386. The van der Waals surface area contributed by atoms with Crippen molar-refractivity contribution >= 4 is 5.69 Å². The topological polar surface area (TPSA) is 68.4 Å². The van der Waals surface area contributed by atoms with Gasteiger partial charge in [0.25, 0.3) is 0 Å². The molecule has 1 aliphatic rings. The smallest absolute Gasteiger partial charge is 0.306 e. The maximum absolute atomic E-state index is 12.1. The number of piperidine rings is 1. The number of benzene rings is 1. The van der Waals surface area contributed by atoms with Gasteiger partial charge in [-0.2, -0.15) is 0 Å². The van der Waals surface area contributed by atoms with E-state index in [-0.39, 0.29) is 0 Å². The SMILES string of the molecule is CN1CCC(c2ccc(-n3cccc([N+](=O)[O-])c3=O)cc2)CC1. The molecule has 1 aliphatic heterocycles. The standard InChI is InChI=1S/C17H19N3O3/c1-18-11-8-14(9-12-18)13-4-6-15(7-5-13)19-10-2-3-16(17(19)21)20(22)23/h2-7,10,14H,8-9,11-12H2,1H3. The Hall–Kier alpha value is -2.47. The van der Waals surface area contributed by atoms with Gasteiger partial charge in [-0.15, -0.1) is 0 Å². The number of pyridine rings is 1. The van der Waals surface area contributed by atoms with Gasteiger partial charge in [-0.05, 0) is 62.7 Å². The number of rotatable bonds is 3. The number of aromatic nitrogens is 1. The van der Waals surface area contributed by atoms with E-state index in [4.69, 9.17) is 0 Å². The van der Waals surface area contributed by atoms with Crippen LogP contribution in [0.25, 0.3) is 5.69 Å². The first-order valence-electron chi connectivity index (χ1n) is 7.71. The Balaban J connectivity index is 1.87. The van der Waals surface area contributed by atoms with Crippen molar-refractivity contribution in [3.63, 3.8) is 0 Å². The molecule has 1 aromatic heterocycles. The summed E-state index contributed by atoms with van der Waals surface area (Å²) in [5.74, 6) is 0.544. The Morgan fingerprint density at radius 1 is 1.13 bits per heavy atom. The summed E-state index contributed by atoms with van der Waals surface area (Å²) in [4.78, 5) is 24.7. The quantitative estimate of drug-likeness (QED) is 0.645. The maximum atomic E-state index is 12.1. The van der Waals surface area contributed by atoms with E-state index >= 15 is 0 Å². The summed E-state index contributed by atoms with van der Waals surface area (Å²) in [6, 6.07) is 10.5. The highest BCUT2D eigenvalue weighted by Crippen LogP contribution is 2.27. The zero-order chi connectivity index (χ0) is 16.4. The van der Waals surface area contributed by atoms with Crippen molar-refractivity contribution in [2.75, 3.05) is 20.1 Å². The van der Waals surface area contributed by atoms with Gasteiger partial charge in [0.15, 0.2) is 0 Å². The molecule has 0 amide bonds. The Bertz CT molecular complexity index is 759. The highest BCUT2D eigenvalue weighted by molar-refractivity contribution is 5.39. The summed E-state index contributed by atoms with van der Waals surface area (Å²) in [7, 11) is 2.13. The molecule has 1 aromatic carbocycles. The summed E-state index contributed by atoms with van der Waals surface area (Å²) in [5.41, 5.74) is 0.896. The molecule has 0 atom stereocenters. The monoisotopic (exact) mass is 313 g/mol. The molecule has 23 heavy (non-hydrogen) atoms. The van der Waals surface area contributed by atoms with E-state index in [0.717, 1.165) is 25.9 Å². The third-order valence-corrected chi connectivity index (χ3v) is 4.49. The van der Waals surface area contributed by atoms with Gasteiger partial charge in [0.1, 0.15) is 0 Å². The van der Waals surface area contributed by atoms with Crippen molar-refractivity contribution in [2.24, 2.45) is 0 Å². The van der Waals surface area contributed by atoms with Gasteiger partial charge in [-0.3, -0.25) is 19.5 Å². The first-order valence-corrected chi connectivity index (χ1v) is 7.71. The molecule has 0 radical (unpaired) electrons. The van der Waals surface area contributed by atoms with E-state index in [9.17, 15) is 14.9 Å².